The third-order valence-corrected chi connectivity index (χ3v) is 36.3. The molecule has 12 heteroatoms. The average Bonchev–Trinajstić information content (AvgIpc) is 3.32. The second-order valence-electron chi connectivity index (χ2n) is 28.9. The lowest BCUT2D eigenvalue weighted by Gasteiger charge is -2.47. The molecule has 0 bridgehead atoms. The average molecular weight is 1160 g/mol. The minimum atomic E-state index is -2.64. The fraction of sp³-hybridized carbons (Fsp3) is 0.627. The molecule has 8 nitrogen and oxygen atoms in total. The van der Waals surface area contributed by atoms with E-state index in [1.54, 1.807) is 7.11 Å². The Balaban J connectivity index is 1.94. The van der Waals surface area contributed by atoms with Gasteiger partial charge in [-0.3, -0.25) is 4.79 Å². The van der Waals surface area contributed by atoms with Crippen LogP contribution in [0.15, 0.2) is 121 Å². The molecule has 79 heavy (non-hydrogen) atoms. The van der Waals surface area contributed by atoms with Crippen LogP contribution in [0.1, 0.15) is 155 Å². The summed E-state index contributed by atoms with van der Waals surface area (Å²) < 4.78 is 41.1. The molecule has 0 aliphatic heterocycles. The zero-order valence-electron chi connectivity index (χ0n) is 54.2. The van der Waals surface area contributed by atoms with Gasteiger partial charge in [0, 0.05) is 12.8 Å². The molecule has 3 rings (SSSR count). The zero-order valence-corrected chi connectivity index (χ0v) is 58.2. The van der Waals surface area contributed by atoms with Gasteiger partial charge in [-0.25, -0.2) is 0 Å². The molecule has 0 aromatic heterocycles. The van der Waals surface area contributed by atoms with Gasteiger partial charge < -0.3 is 32.3 Å². The van der Waals surface area contributed by atoms with Gasteiger partial charge in [-0.2, -0.15) is 0 Å². The van der Waals surface area contributed by atoms with Gasteiger partial charge in [-0.05, 0) is 145 Å². The fourth-order valence-electron chi connectivity index (χ4n) is 9.74. The Hall–Kier alpha value is -3.02. The lowest BCUT2D eigenvalue weighted by atomic mass is 9.85. The van der Waals surface area contributed by atoms with Gasteiger partial charge in [0.1, 0.15) is 11.9 Å². The summed E-state index contributed by atoms with van der Waals surface area (Å²) in [5, 5.41) is 14.5. The molecule has 0 amide bonds. The van der Waals surface area contributed by atoms with E-state index in [1.807, 2.05) is 24.3 Å². The minimum absolute atomic E-state index is 0.0924. The Morgan fingerprint density at radius 3 is 1.62 bits per heavy atom. The van der Waals surface area contributed by atoms with Crippen molar-refractivity contribution in [2.45, 2.75) is 246 Å². The predicted octanol–water partition coefficient (Wildman–Crippen LogP) is 16.9. The first-order valence-electron chi connectivity index (χ1n) is 29.4. The van der Waals surface area contributed by atoms with Crippen molar-refractivity contribution in [3.8, 4) is 5.75 Å². The first kappa shape index (κ1) is 70.2. The number of carbonyl (C=O) groups excluding carboxylic acids is 1. The molecular formula is C67H112O8Si4. The topological polar surface area (TPSA) is 92.7 Å². The van der Waals surface area contributed by atoms with Crippen molar-refractivity contribution in [3.63, 3.8) is 0 Å². The molecular weight excluding hydrogens is 1050 g/mol. The number of ketones is 1. The van der Waals surface area contributed by atoms with Crippen LogP contribution >= 0.6 is 0 Å². The van der Waals surface area contributed by atoms with Gasteiger partial charge in [0.15, 0.2) is 30.7 Å². The number of methoxy groups -OCH3 is 1. The van der Waals surface area contributed by atoms with Crippen molar-refractivity contribution in [2.75, 3.05) is 13.7 Å². The molecule has 0 aliphatic rings. The highest BCUT2D eigenvalue weighted by molar-refractivity contribution is 6.99. The lowest BCUT2D eigenvalue weighted by Crippen LogP contribution is -2.66. The monoisotopic (exact) mass is 1160 g/mol. The number of aliphatic hydroxyl groups excluding tert-OH is 1. The van der Waals surface area contributed by atoms with Crippen LogP contribution in [-0.2, 0) is 33.8 Å². The van der Waals surface area contributed by atoms with E-state index < -0.39 is 57.2 Å². The highest BCUT2D eigenvalue weighted by Gasteiger charge is 2.51. The van der Waals surface area contributed by atoms with E-state index in [0.29, 0.717) is 25.6 Å². The molecule has 0 unspecified atom stereocenters. The highest BCUT2D eigenvalue weighted by Crippen LogP contribution is 2.45. The van der Waals surface area contributed by atoms with E-state index in [1.165, 1.54) is 10.4 Å². The number of hydrogen-bond acceptors (Lipinski definition) is 8. The number of aliphatic hydroxyl groups is 1. The maximum absolute atomic E-state index is 15.4. The van der Waals surface area contributed by atoms with Crippen LogP contribution in [0.3, 0.4) is 0 Å². The minimum Gasteiger partial charge on any atom is -0.497 e. The summed E-state index contributed by atoms with van der Waals surface area (Å²) >= 11 is 0. The molecule has 0 saturated heterocycles. The maximum Gasteiger partial charge on any atom is 0.261 e. The highest BCUT2D eigenvalue weighted by atomic mass is 28.4. The van der Waals surface area contributed by atoms with Gasteiger partial charge in [0.25, 0.3) is 8.32 Å². The second-order valence-corrected chi connectivity index (χ2v) is 47.5. The van der Waals surface area contributed by atoms with Crippen molar-refractivity contribution in [1.29, 1.82) is 0 Å². The Morgan fingerprint density at radius 2 is 1.15 bits per heavy atom. The SMILES string of the molecule is C=C(/C=C(\C)[C@@](C)(C[C@H](O)CC(=O)[C@H](O[Si](C)(C)C(C)(C)C)[C@@H](O[Si](C)(C)C(C)(C)C)[C@H](C)C[C@H](C)OCc1ccc(OC)cc1)O[Si](C)(C)C(C)(C)C)C[C@@H](C)C/C=C/CO[Si](c1ccccc1)(c1ccccc1)C(C)(C)C. The summed E-state index contributed by atoms with van der Waals surface area (Å²) in [6, 6.07) is 29.5. The lowest BCUT2D eigenvalue weighted by molar-refractivity contribution is -0.136. The fourth-order valence-corrected chi connectivity index (χ4v) is 18.6. The van der Waals surface area contributed by atoms with Crippen LogP contribution in [0, 0.1) is 11.8 Å². The number of benzene rings is 3. The summed E-state index contributed by atoms with van der Waals surface area (Å²) in [6.45, 7) is 56.7. The van der Waals surface area contributed by atoms with Crippen LogP contribution < -0.4 is 15.1 Å². The first-order chi connectivity index (χ1) is 36.1. The maximum atomic E-state index is 15.4. The van der Waals surface area contributed by atoms with Gasteiger partial charge in [0.05, 0.1) is 44.2 Å². The van der Waals surface area contributed by atoms with Crippen LogP contribution in [0.5, 0.6) is 5.75 Å². The van der Waals surface area contributed by atoms with E-state index in [4.69, 9.17) is 27.2 Å². The molecule has 0 spiro atoms. The predicted molar refractivity (Wildman–Crippen MR) is 346 cm³/mol. The van der Waals surface area contributed by atoms with E-state index in [9.17, 15) is 5.11 Å². The molecule has 0 fully saturated rings. The number of allylic oxidation sites excluding steroid dienone is 3. The van der Waals surface area contributed by atoms with E-state index in [0.717, 1.165) is 35.3 Å². The number of ether oxygens (including phenoxy) is 2. The van der Waals surface area contributed by atoms with Crippen molar-refractivity contribution >= 4 is 49.4 Å². The quantitative estimate of drug-likeness (QED) is 0.0401. The van der Waals surface area contributed by atoms with Crippen LogP contribution in [0.4, 0.5) is 0 Å². The van der Waals surface area contributed by atoms with Crippen LogP contribution in [-0.4, -0.2) is 87.9 Å². The number of hydrogen-bond donors (Lipinski definition) is 1. The van der Waals surface area contributed by atoms with E-state index in [2.05, 4.69) is 242 Å². The number of carbonyl (C=O) groups is 1. The third-order valence-electron chi connectivity index (χ3n) is 17.8. The summed E-state index contributed by atoms with van der Waals surface area (Å²) in [5.41, 5.74) is 2.16. The smallest absolute Gasteiger partial charge is 0.261 e. The standard InChI is InChI=1S/C67H112O8Si4/c1-50(34-32-33-43-72-79(66(15,16)17,58-35-28-26-29-36-58)59-37-30-27-31-38-59)44-51(2)45-53(4)67(18,75-78(24,25)65(12,13)14)48-56(68)47-60(69)62(74-77(22,23)64(9,10)11)61(73-76(20,21)63(6,7)8)52(3)46-54(5)71-49-55-39-41-57(70-19)42-40-55/h26-33,35-42,45,50,52,54,56,61-62,68H,2,34,43-44,46-49H2,1,3-25H3/b33-32+,53-45+/t50-,52+,54-,56+,61-,62-,67+/m0/s1. The van der Waals surface area contributed by atoms with Gasteiger partial charge in [-0.15, -0.1) is 0 Å². The summed E-state index contributed by atoms with van der Waals surface area (Å²) in [7, 11) is -8.45. The van der Waals surface area contributed by atoms with Crippen molar-refractivity contribution in [2.24, 2.45) is 11.8 Å². The molecule has 0 aliphatic carbocycles. The molecule has 0 saturated carbocycles. The summed E-state index contributed by atoms with van der Waals surface area (Å²) in [6.07, 6.45) is 6.47. The molecule has 1 N–H and O–H groups in total. The summed E-state index contributed by atoms with van der Waals surface area (Å²) in [4.78, 5) is 15.4. The zero-order chi connectivity index (χ0) is 60.2. The van der Waals surface area contributed by atoms with E-state index >= 15 is 4.79 Å². The molecule has 444 valence electrons. The number of Topliss-reactive ketones (excluding diaryl/α,β-unsaturated/α-hetero) is 1. The van der Waals surface area contributed by atoms with Crippen molar-refractivity contribution < 1.29 is 37.1 Å². The largest absolute Gasteiger partial charge is 0.497 e. The first-order valence-corrected chi connectivity index (χ1v) is 40.0. The Labute approximate surface area is 487 Å². The molecule has 0 radical (unpaired) electrons. The third kappa shape index (κ3) is 19.8. The molecule has 7 atom stereocenters. The second kappa shape index (κ2) is 28.5. The Kier molecular flexibility index (Phi) is 25.3. The van der Waals surface area contributed by atoms with Crippen LogP contribution in [0.25, 0.3) is 0 Å². The number of rotatable bonds is 30. The summed E-state index contributed by atoms with van der Waals surface area (Å²) in [5.74, 6) is 0.874. The molecule has 0 heterocycles. The van der Waals surface area contributed by atoms with Gasteiger partial charge in [-0.1, -0.05) is 200 Å². The molecule has 3 aromatic rings. The Bertz CT molecular complexity index is 2370. The van der Waals surface area contributed by atoms with Crippen LogP contribution in [0.2, 0.25) is 59.4 Å². The van der Waals surface area contributed by atoms with Crippen molar-refractivity contribution in [1.82, 2.24) is 0 Å². The van der Waals surface area contributed by atoms with Crippen molar-refractivity contribution in [3.05, 3.63) is 126 Å². The van der Waals surface area contributed by atoms with Gasteiger partial charge in [0.2, 0.25) is 0 Å². The van der Waals surface area contributed by atoms with E-state index in [-0.39, 0.29) is 50.8 Å². The Morgan fingerprint density at radius 1 is 0.658 bits per heavy atom. The normalized spacial score (nSPS) is 16.9. The van der Waals surface area contributed by atoms with Gasteiger partial charge >= 0.3 is 0 Å². The molecule has 3 aromatic carbocycles.